The number of nitrogens with two attached hydrogens (primary N) is 1. The maximum atomic E-state index is 12.7. The zero-order valence-corrected chi connectivity index (χ0v) is 17.6. The summed E-state index contributed by atoms with van der Waals surface area (Å²) in [6, 6.07) is 12.2. The number of carbonyl (C=O) groups excluding carboxylic acids is 2. The highest BCUT2D eigenvalue weighted by Gasteiger charge is 2.44. The minimum atomic E-state index is -1.18. The first-order valence-electron chi connectivity index (χ1n) is 9.53. The average molecular weight is 401 g/mol. The van der Waals surface area contributed by atoms with Gasteiger partial charge in [0.2, 0.25) is 5.91 Å². The van der Waals surface area contributed by atoms with E-state index in [0.717, 1.165) is 11.1 Å². The number of hydrogen-bond acceptors (Lipinski definition) is 4. The molecular formula is C22H28N2O3S. The molecule has 0 aliphatic carbocycles. The number of morpholine rings is 1. The van der Waals surface area contributed by atoms with Gasteiger partial charge in [0.05, 0.1) is 13.2 Å². The predicted octanol–water partition coefficient (Wildman–Crippen LogP) is 3.48. The minimum Gasteiger partial charge on any atom is -0.367 e. The number of benzene rings is 1. The smallest absolute Gasteiger partial charge is 0.251 e. The maximum Gasteiger partial charge on any atom is 0.251 e. The Morgan fingerprint density at radius 1 is 1.21 bits per heavy atom. The van der Waals surface area contributed by atoms with Gasteiger partial charge in [-0.1, -0.05) is 51.1 Å². The van der Waals surface area contributed by atoms with E-state index >= 15 is 0 Å². The molecule has 1 fully saturated rings. The lowest BCUT2D eigenvalue weighted by molar-refractivity contribution is -0.164. The molecule has 28 heavy (non-hydrogen) atoms. The second-order valence-corrected chi connectivity index (χ2v) is 9.56. The normalized spacial score (nSPS) is 20.2. The summed E-state index contributed by atoms with van der Waals surface area (Å²) < 4.78 is 5.88. The monoisotopic (exact) mass is 400 g/mol. The van der Waals surface area contributed by atoms with Crippen LogP contribution in [0.2, 0.25) is 0 Å². The Bertz CT molecular complexity index is 824. The van der Waals surface area contributed by atoms with Gasteiger partial charge in [-0.15, -0.1) is 11.3 Å². The molecule has 3 rings (SSSR count). The number of thiophene rings is 1. The Morgan fingerprint density at radius 3 is 2.50 bits per heavy atom. The summed E-state index contributed by atoms with van der Waals surface area (Å²) in [6.07, 6.45) is 0.781. The Morgan fingerprint density at radius 2 is 1.93 bits per heavy atom. The number of carbonyl (C=O) groups is 2. The van der Waals surface area contributed by atoms with E-state index in [1.165, 1.54) is 4.88 Å². The molecule has 6 heteroatoms. The summed E-state index contributed by atoms with van der Waals surface area (Å²) in [5, 5.41) is 2.05. The summed E-state index contributed by atoms with van der Waals surface area (Å²) in [7, 11) is 0. The molecule has 2 amide bonds. The molecule has 1 saturated heterocycles. The van der Waals surface area contributed by atoms with Crippen LogP contribution in [-0.4, -0.2) is 42.0 Å². The molecule has 2 aromatic rings. The van der Waals surface area contributed by atoms with E-state index in [4.69, 9.17) is 10.5 Å². The lowest BCUT2D eigenvalue weighted by Crippen LogP contribution is -2.61. The van der Waals surface area contributed by atoms with Gasteiger partial charge in [-0.25, -0.2) is 0 Å². The van der Waals surface area contributed by atoms with Crippen molar-refractivity contribution < 1.29 is 14.3 Å². The van der Waals surface area contributed by atoms with Crippen molar-refractivity contribution in [2.24, 2.45) is 11.1 Å². The summed E-state index contributed by atoms with van der Waals surface area (Å²) in [5.74, 6) is -0.488. The number of rotatable bonds is 5. The molecule has 0 spiro atoms. The molecule has 1 atom stereocenters. The zero-order chi connectivity index (χ0) is 20.4. The molecule has 1 aromatic carbocycles. The Balaban J connectivity index is 1.76. The number of nitrogens with zero attached hydrogens (tertiary/aromatic N) is 1. The molecular weight excluding hydrogens is 372 g/mol. The molecule has 5 nitrogen and oxygen atoms in total. The van der Waals surface area contributed by atoms with Crippen LogP contribution in [0.25, 0.3) is 10.4 Å². The van der Waals surface area contributed by atoms with Gasteiger partial charge in [0.25, 0.3) is 5.91 Å². The van der Waals surface area contributed by atoms with E-state index in [-0.39, 0.29) is 17.9 Å². The van der Waals surface area contributed by atoms with Gasteiger partial charge in [-0.2, -0.15) is 0 Å². The summed E-state index contributed by atoms with van der Waals surface area (Å²) in [5.41, 5.74) is 6.55. The first kappa shape index (κ1) is 20.6. The summed E-state index contributed by atoms with van der Waals surface area (Å²) in [6.45, 7) is 7.09. The molecule has 0 bridgehead atoms. The number of hydrogen-bond donors (Lipinski definition) is 1. The third-order valence-electron chi connectivity index (χ3n) is 4.92. The van der Waals surface area contributed by atoms with Crippen LogP contribution >= 0.6 is 11.3 Å². The molecule has 0 saturated carbocycles. The zero-order valence-electron chi connectivity index (χ0n) is 16.7. The topological polar surface area (TPSA) is 72.6 Å². The van der Waals surface area contributed by atoms with Crippen molar-refractivity contribution in [3.8, 4) is 10.4 Å². The van der Waals surface area contributed by atoms with Crippen LogP contribution < -0.4 is 5.73 Å². The van der Waals surface area contributed by atoms with Crippen molar-refractivity contribution in [2.75, 3.05) is 19.7 Å². The van der Waals surface area contributed by atoms with Crippen LogP contribution in [0.1, 0.15) is 32.8 Å². The van der Waals surface area contributed by atoms with Gasteiger partial charge in [0.15, 0.2) is 5.60 Å². The average Bonchev–Trinajstić information content (AvgIpc) is 3.16. The molecule has 150 valence electrons. The van der Waals surface area contributed by atoms with Crippen molar-refractivity contribution in [1.82, 2.24) is 4.90 Å². The van der Waals surface area contributed by atoms with Gasteiger partial charge < -0.3 is 15.4 Å². The van der Waals surface area contributed by atoms with Crippen molar-refractivity contribution >= 4 is 23.2 Å². The van der Waals surface area contributed by atoms with E-state index in [1.807, 2.05) is 56.5 Å². The van der Waals surface area contributed by atoms with Crippen LogP contribution in [0, 0.1) is 5.41 Å². The van der Waals surface area contributed by atoms with Crippen molar-refractivity contribution in [3.63, 3.8) is 0 Å². The fourth-order valence-electron chi connectivity index (χ4n) is 3.47. The number of primary amides is 1. The molecule has 0 radical (unpaired) electrons. The predicted molar refractivity (Wildman–Crippen MR) is 112 cm³/mol. The van der Waals surface area contributed by atoms with E-state index in [0.29, 0.717) is 26.0 Å². The van der Waals surface area contributed by atoms with E-state index < -0.39 is 11.5 Å². The van der Waals surface area contributed by atoms with Gasteiger partial charge in [-0.05, 0) is 28.0 Å². The Labute approximate surface area is 170 Å². The van der Waals surface area contributed by atoms with Crippen LogP contribution in [0.15, 0.2) is 41.8 Å². The fourth-order valence-corrected chi connectivity index (χ4v) is 4.20. The van der Waals surface area contributed by atoms with Crippen LogP contribution in [0.4, 0.5) is 0 Å². The molecule has 1 aliphatic heterocycles. The number of ether oxygens (including phenoxy) is 1. The fraction of sp³-hybridized carbons (Fsp3) is 0.455. The quantitative estimate of drug-likeness (QED) is 0.835. The molecule has 0 unspecified atom stereocenters. The second kappa shape index (κ2) is 8.05. The molecule has 1 aromatic heterocycles. The van der Waals surface area contributed by atoms with E-state index in [9.17, 15) is 9.59 Å². The third-order valence-corrected chi connectivity index (χ3v) is 5.84. The highest BCUT2D eigenvalue weighted by molar-refractivity contribution is 7.13. The highest BCUT2D eigenvalue weighted by atomic mass is 32.1. The number of amides is 2. The SMILES string of the molecule is CC(C)(C)CC(=O)N1CCO[C@](Cc2ccc(-c3cccs3)cc2)(C(N)=O)C1. The highest BCUT2D eigenvalue weighted by Crippen LogP contribution is 2.29. The van der Waals surface area contributed by atoms with Crippen LogP contribution in [0.3, 0.4) is 0 Å². The van der Waals surface area contributed by atoms with Gasteiger partial charge in [0.1, 0.15) is 0 Å². The maximum absolute atomic E-state index is 12.7. The van der Waals surface area contributed by atoms with Gasteiger partial charge in [-0.3, -0.25) is 9.59 Å². The van der Waals surface area contributed by atoms with Crippen molar-refractivity contribution in [1.29, 1.82) is 0 Å². The van der Waals surface area contributed by atoms with E-state index in [2.05, 4.69) is 6.07 Å². The largest absolute Gasteiger partial charge is 0.367 e. The van der Waals surface area contributed by atoms with Crippen molar-refractivity contribution in [3.05, 3.63) is 47.3 Å². The van der Waals surface area contributed by atoms with E-state index in [1.54, 1.807) is 16.2 Å². The Hall–Kier alpha value is -2.18. The van der Waals surface area contributed by atoms with Gasteiger partial charge in [0, 0.05) is 24.3 Å². The summed E-state index contributed by atoms with van der Waals surface area (Å²) >= 11 is 1.69. The van der Waals surface area contributed by atoms with Crippen LogP contribution in [0.5, 0.6) is 0 Å². The first-order chi connectivity index (χ1) is 13.2. The molecule has 2 N–H and O–H groups in total. The standard InChI is InChI=1S/C22H28N2O3S/c1-21(2,3)14-19(25)24-10-11-27-22(15-24,20(23)26)13-16-6-8-17(9-7-16)18-5-4-12-28-18/h4-9,12H,10-11,13-15H2,1-3H3,(H2,23,26)/t22-/m0/s1. The lowest BCUT2D eigenvalue weighted by Gasteiger charge is -2.41. The lowest BCUT2D eigenvalue weighted by atomic mass is 9.89. The van der Waals surface area contributed by atoms with Crippen LogP contribution in [-0.2, 0) is 20.7 Å². The van der Waals surface area contributed by atoms with Crippen molar-refractivity contribution in [2.45, 2.75) is 39.2 Å². The molecule has 2 heterocycles. The first-order valence-corrected chi connectivity index (χ1v) is 10.4. The van der Waals surface area contributed by atoms with Gasteiger partial charge >= 0.3 is 0 Å². The Kier molecular flexibility index (Phi) is 5.91. The summed E-state index contributed by atoms with van der Waals surface area (Å²) in [4.78, 5) is 27.9. The minimum absolute atomic E-state index is 0.0365. The third kappa shape index (κ3) is 4.80. The molecule has 1 aliphatic rings. The second-order valence-electron chi connectivity index (χ2n) is 8.61.